The van der Waals surface area contributed by atoms with Crippen molar-refractivity contribution >= 4 is 69.6 Å². The third-order valence-corrected chi connectivity index (χ3v) is 8.46. The van der Waals surface area contributed by atoms with Gasteiger partial charge >= 0.3 is 0 Å². The zero-order valence-corrected chi connectivity index (χ0v) is 24.4. The van der Waals surface area contributed by atoms with Crippen molar-refractivity contribution < 1.29 is 48.8 Å². The molecule has 0 saturated heterocycles. The van der Waals surface area contributed by atoms with Crippen molar-refractivity contribution in [1.29, 1.82) is 0 Å². The molecular weight excluding hydrogens is 630 g/mol. The van der Waals surface area contributed by atoms with Crippen molar-refractivity contribution in [2.24, 2.45) is 20.5 Å². The molecule has 0 fully saturated rings. The van der Waals surface area contributed by atoms with Crippen molar-refractivity contribution in [2.45, 2.75) is 21.6 Å². The normalized spacial score (nSPS) is 12.9. The van der Waals surface area contributed by atoms with E-state index in [4.69, 9.17) is 15.0 Å². The number of rotatable bonds is 8. The number of hydrogen-bond donors (Lipinski definition) is 5. The fourth-order valence-electron chi connectivity index (χ4n) is 3.85. The van der Waals surface area contributed by atoms with E-state index in [1.54, 1.807) is 6.92 Å². The molecule has 0 aliphatic rings. The number of hydrogen-bond acceptors (Lipinski definition) is 13. The lowest BCUT2D eigenvalue weighted by atomic mass is 10.1. The molecule has 4 aromatic rings. The van der Waals surface area contributed by atoms with Gasteiger partial charge in [-0.2, -0.15) is 35.5 Å². The molecule has 4 rings (SSSR count). The molecule has 4 aromatic carbocycles. The Morgan fingerprint density at radius 1 is 0.721 bits per heavy atom. The van der Waals surface area contributed by atoms with Gasteiger partial charge in [0, 0.05) is 17.1 Å². The number of azo groups is 2. The van der Waals surface area contributed by atoms with Crippen LogP contribution in [0.3, 0.4) is 0 Å². The van der Waals surface area contributed by atoms with Gasteiger partial charge in [-0.3, -0.25) is 13.7 Å². The summed E-state index contributed by atoms with van der Waals surface area (Å²) in [7, 11) is -12.9. The lowest BCUT2D eigenvalue weighted by molar-refractivity contribution is 0.416. The monoisotopic (exact) mass is 651 g/mol. The maximum Gasteiger partial charge on any atom is 0.296 e. The molecule has 0 saturated carbocycles. The van der Waals surface area contributed by atoms with Crippen molar-refractivity contribution in [1.82, 2.24) is 0 Å². The zero-order valence-electron chi connectivity index (χ0n) is 21.9. The Morgan fingerprint density at radius 3 is 1.88 bits per heavy atom. The Labute approximate surface area is 244 Å². The second-order valence-corrected chi connectivity index (χ2v) is 13.0. The summed E-state index contributed by atoms with van der Waals surface area (Å²) in [5.74, 6) is -0.773. The number of nitrogen functional groups attached to an aromatic ring is 1. The first-order valence-corrected chi connectivity index (χ1v) is 15.9. The lowest BCUT2D eigenvalue weighted by Crippen LogP contribution is -2.02. The predicted molar refractivity (Wildman–Crippen MR) is 152 cm³/mol. The molecule has 0 aliphatic heterocycles. The smallest absolute Gasteiger partial charge is 0.296 e. The molecule has 0 aliphatic carbocycles. The average Bonchev–Trinajstić information content (AvgIpc) is 2.90. The van der Waals surface area contributed by atoms with Crippen molar-refractivity contribution in [3.8, 4) is 11.5 Å². The highest BCUT2D eigenvalue weighted by atomic mass is 32.2. The Hall–Kier alpha value is -4.53. The van der Waals surface area contributed by atoms with Crippen LogP contribution in [0, 0.1) is 6.92 Å². The van der Waals surface area contributed by atoms with Crippen LogP contribution in [0.4, 0.5) is 28.4 Å². The van der Waals surface area contributed by atoms with Crippen LogP contribution in [0.5, 0.6) is 11.5 Å². The number of aromatic hydroxyl groups is 1. The molecule has 6 N–H and O–H groups in total. The Balaban J connectivity index is 1.78. The molecule has 0 radical (unpaired) electrons. The summed E-state index contributed by atoms with van der Waals surface area (Å²) >= 11 is 0. The van der Waals surface area contributed by atoms with E-state index in [0.717, 1.165) is 30.3 Å². The van der Waals surface area contributed by atoms with E-state index in [9.17, 15) is 39.5 Å². The minimum absolute atomic E-state index is 0.0342. The minimum Gasteiger partial charge on any atom is -0.505 e. The van der Waals surface area contributed by atoms with Gasteiger partial charge in [-0.25, -0.2) is 0 Å². The van der Waals surface area contributed by atoms with Crippen LogP contribution in [0.25, 0.3) is 10.8 Å². The van der Waals surface area contributed by atoms with Gasteiger partial charge in [0.25, 0.3) is 30.4 Å². The summed E-state index contributed by atoms with van der Waals surface area (Å²) in [6.45, 7) is 1.62. The third kappa shape index (κ3) is 6.77. The first kappa shape index (κ1) is 31.4. The SMILES string of the molecule is COc1cc(N=Nc2ccc(S(=O)(=O)O)cc2)c(C)cc1N=Nc1c(S(=O)(=O)O)cc2cc(S(=O)(=O)O)cc(N)c2c1O. The topological polar surface area (TPSA) is 268 Å². The highest BCUT2D eigenvalue weighted by molar-refractivity contribution is 7.86. The lowest BCUT2D eigenvalue weighted by Gasteiger charge is -2.12. The number of nitrogens with zero attached hydrogens (tertiary/aromatic N) is 4. The Kier molecular flexibility index (Phi) is 8.24. The molecule has 0 spiro atoms. The van der Waals surface area contributed by atoms with Gasteiger partial charge in [-0.1, -0.05) is 0 Å². The predicted octanol–water partition coefficient (Wildman–Crippen LogP) is 5.02. The number of anilines is 1. The molecule has 0 aromatic heterocycles. The average molecular weight is 652 g/mol. The molecule has 226 valence electrons. The maximum atomic E-state index is 12.2. The van der Waals surface area contributed by atoms with Crippen LogP contribution in [0.1, 0.15) is 5.56 Å². The first-order chi connectivity index (χ1) is 19.9. The summed E-state index contributed by atoms with van der Waals surface area (Å²) in [6, 6.07) is 10.3. The van der Waals surface area contributed by atoms with Gasteiger partial charge in [0.1, 0.15) is 22.0 Å². The molecular formula is C24H21N5O11S3. The second kappa shape index (κ2) is 11.3. The van der Waals surface area contributed by atoms with E-state index in [1.165, 1.54) is 31.4 Å². The molecule has 19 heteroatoms. The van der Waals surface area contributed by atoms with Crippen LogP contribution >= 0.6 is 0 Å². The summed E-state index contributed by atoms with van der Waals surface area (Å²) in [4.78, 5) is -1.94. The highest BCUT2D eigenvalue weighted by Crippen LogP contribution is 2.45. The zero-order chi connectivity index (χ0) is 31.9. The standard InChI is InChI=1S/C24H21N5O11S3/c1-12-7-19(20(40-2)11-18(12)27-26-14-3-5-15(6-4-14)41(31,32)33)28-29-23-21(43(37,38)39)9-13-8-16(42(34,35)36)10-17(25)22(13)24(23)30/h3-11,30H,25H2,1-2H3,(H,31,32,33)(H,34,35,36)(H,37,38,39). The van der Waals surface area contributed by atoms with Crippen LogP contribution in [-0.2, 0) is 30.4 Å². The van der Waals surface area contributed by atoms with Gasteiger partial charge in [-0.05, 0) is 66.4 Å². The molecule has 0 bridgehead atoms. The van der Waals surface area contributed by atoms with Crippen molar-refractivity contribution in [2.75, 3.05) is 12.8 Å². The van der Waals surface area contributed by atoms with E-state index in [1.807, 2.05) is 0 Å². The molecule has 0 unspecified atom stereocenters. The van der Waals surface area contributed by atoms with Gasteiger partial charge in [0.2, 0.25) is 0 Å². The number of aryl methyl sites for hydroxylation is 1. The summed E-state index contributed by atoms with van der Waals surface area (Å²) < 4.78 is 103. The van der Waals surface area contributed by atoms with Crippen LogP contribution < -0.4 is 10.5 Å². The maximum absolute atomic E-state index is 12.2. The summed E-state index contributed by atoms with van der Waals surface area (Å²) in [5.41, 5.74) is 5.87. The summed E-state index contributed by atoms with van der Waals surface area (Å²) in [6.07, 6.45) is 0. The third-order valence-electron chi connectivity index (χ3n) is 5.89. The van der Waals surface area contributed by atoms with Gasteiger partial charge < -0.3 is 15.6 Å². The molecule has 0 amide bonds. The van der Waals surface area contributed by atoms with Gasteiger partial charge in [0.15, 0.2) is 5.75 Å². The van der Waals surface area contributed by atoms with Crippen LogP contribution in [0.2, 0.25) is 0 Å². The number of ether oxygens (including phenoxy) is 1. The number of benzene rings is 4. The Bertz CT molecular complexity index is 2170. The quantitative estimate of drug-likeness (QED) is 0.0955. The molecule has 43 heavy (non-hydrogen) atoms. The fraction of sp³-hybridized carbons (Fsp3) is 0.0833. The largest absolute Gasteiger partial charge is 0.505 e. The van der Waals surface area contributed by atoms with Crippen molar-refractivity contribution in [3.05, 3.63) is 60.2 Å². The van der Waals surface area contributed by atoms with Gasteiger partial charge in [0.05, 0.1) is 28.3 Å². The van der Waals surface area contributed by atoms with E-state index in [2.05, 4.69) is 20.5 Å². The van der Waals surface area contributed by atoms with E-state index < -0.39 is 51.6 Å². The van der Waals surface area contributed by atoms with E-state index >= 15 is 0 Å². The fourth-order valence-corrected chi connectivity index (χ4v) is 5.53. The van der Waals surface area contributed by atoms with Crippen molar-refractivity contribution in [3.63, 3.8) is 0 Å². The van der Waals surface area contributed by atoms with Gasteiger partial charge in [-0.15, -0.1) is 10.2 Å². The number of fused-ring (bicyclic) bond motifs is 1. The molecule has 0 heterocycles. The second-order valence-electron chi connectivity index (χ2n) is 8.81. The van der Waals surface area contributed by atoms with E-state index in [0.29, 0.717) is 11.3 Å². The van der Waals surface area contributed by atoms with E-state index in [-0.39, 0.29) is 38.5 Å². The number of nitrogens with two attached hydrogens (primary N) is 1. The van der Waals surface area contributed by atoms with Crippen LogP contribution in [0.15, 0.2) is 89.7 Å². The number of phenolic OH excluding ortho intramolecular Hbond substituents is 1. The number of phenols is 1. The molecule has 0 atom stereocenters. The van der Waals surface area contributed by atoms with Crippen LogP contribution in [-0.4, -0.2) is 51.1 Å². The first-order valence-electron chi connectivity index (χ1n) is 11.5. The summed E-state index contributed by atoms with van der Waals surface area (Å²) in [5, 5.41) is 26.3. The highest BCUT2D eigenvalue weighted by Gasteiger charge is 2.25. The minimum atomic E-state index is -5.06. The number of methoxy groups -OCH3 is 1. The molecule has 16 nitrogen and oxygen atoms in total. The Morgan fingerprint density at radius 2 is 1.33 bits per heavy atom.